The molecule has 100 valence electrons. The third-order valence-corrected chi connectivity index (χ3v) is 2.41. The summed E-state index contributed by atoms with van der Waals surface area (Å²) < 4.78 is 0. The topological polar surface area (TPSA) is 102 Å². The van der Waals surface area contributed by atoms with Crippen LogP contribution in [-0.4, -0.2) is 30.1 Å². The van der Waals surface area contributed by atoms with Crippen LogP contribution >= 0.6 is 0 Å². The molecule has 19 heavy (non-hydrogen) atoms. The zero-order valence-electron chi connectivity index (χ0n) is 10.3. The minimum atomic E-state index is -1.05. The Morgan fingerprint density at radius 1 is 1.32 bits per heavy atom. The Bertz CT molecular complexity index is 468. The van der Waals surface area contributed by atoms with E-state index < -0.39 is 12.0 Å². The minimum absolute atomic E-state index is 0.114. The van der Waals surface area contributed by atoms with Crippen LogP contribution in [0.15, 0.2) is 30.3 Å². The molecule has 0 aliphatic carbocycles. The largest absolute Gasteiger partial charge is 0.480 e. The highest BCUT2D eigenvalue weighted by molar-refractivity contribution is 5.80. The molecule has 1 aromatic carbocycles. The van der Waals surface area contributed by atoms with Crippen LogP contribution in [0.1, 0.15) is 18.0 Å². The number of benzene rings is 1. The maximum absolute atomic E-state index is 11.4. The molecule has 0 bridgehead atoms. The van der Waals surface area contributed by atoms with Gasteiger partial charge in [0.1, 0.15) is 6.04 Å². The van der Waals surface area contributed by atoms with E-state index in [2.05, 4.69) is 10.6 Å². The van der Waals surface area contributed by atoms with Gasteiger partial charge in [-0.3, -0.25) is 14.9 Å². The number of carboxylic acid groups (broad SMARTS) is 1. The first kappa shape index (κ1) is 14.7. The summed E-state index contributed by atoms with van der Waals surface area (Å²) in [6.45, 7) is 0.150. The van der Waals surface area contributed by atoms with Gasteiger partial charge in [0.25, 0.3) is 0 Å². The fraction of sp³-hybridized carbons (Fsp3) is 0.308. The third-order valence-electron chi connectivity index (χ3n) is 2.41. The van der Waals surface area contributed by atoms with Crippen molar-refractivity contribution >= 4 is 11.9 Å². The van der Waals surface area contributed by atoms with E-state index in [1.165, 1.54) is 0 Å². The van der Waals surface area contributed by atoms with Crippen LogP contribution in [0.5, 0.6) is 0 Å². The quantitative estimate of drug-likeness (QED) is 0.618. The number of nitriles is 1. The van der Waals surface area contributed by atoms with Crippen LogP contribution in [0.3, 0.4) is 0 Å². The number of carboxylic acids is 1. The van der Waals surface area contributed by atoms with Gasteiger partial charge < -0.3 is 10.4 Å². The lowest BCUT2D eigenvalue weighted by Gasteiger charge is -2.14. The van der Waals surface area contributed by atoms with Crippen molar-refractivity contribution in [2.24, 2.45) is 0 Å². The molecular formula is C13H15N3O3. The number of rotatable bonds is 7. The molecule has 6 nitrogen and oxygen atoms in total. The van der Waals surface area contributed by atoms with Crippen LogP contribution in [0.2, 0.25) is 0 Å². The van der Waals surface area contributed by atoms with Crippen LogP contribution in [-0.2, 0) is 9.59 Å². The average Bonchev–Trinajstić information content (AvgIpc) is 2.40. The summed E-state index contributed by atoms with van der Waals surface area (Å²) >= 11 is 0. The molecule has 6 heteroatoms. The highest BCUT2D eigenvalue weighted by Gasteiger charge is 2.19. The highest BCUT2D eigenvalue weighted by atomic mass is 16.4. The molecule has 0 saturated heterocycles. The van der Waals surface area contributed by atoms with Crippen molar-refractivity contribution in [3.63, 3.8) is 0 Å². The molecule has 0 aliphatic heterocycles. The summed E-state index contributed by atoms with van der Waals surface area (Å²) in [4.78, 5) is 22.5. The van der Waals surface area contributed by atoms with E-state index in [4.69, 9.17) is 10.4 Å². The summed E-state index contributed by atoms with van der Waals surface area (Å²) in [5, 5.41) is 22.6. The second-order valence-electron chi connectivity index (χ2n) is 3.82. The van der Waals surface area contributed by atoms with Crippen molar-refractivity contribution in [3.05, 3.63) is 35.9 Å². The van der Waals surface area contributed by atoms with Gasteiger partial charge in [0.2, 0.25) is 5.91 Å². The molecule has 0 saturated carbocycles. The van der Waals surface area contributed by atoms with E-state index in [1.807, 2.05) is 6.07 Å². The molecule has 0 fully saturated rings. The van der Waals surface area contributed by atoms with Gasteiger partial charge in [-0.25, -0.2) is 0 Å². The van der Waals surface area contributed by atoms with Gasteiger partial charge in [-0.2, -0.15) is 5.26 Å². The number of nitrogens with zero attached hydrogens (tertiary/aromatic N) is 1. The molecule has 0 heterocycles. The number of nitrogens with one attached hydrogen (secondary N) is 2. The molecule has 1 rings (SSSR count). The fourth-order valence-corrected chi connectivity index (χ4v) is 1.51. The monoisotopic (exact) mass is 261 g/mol. The summed E-state index contributed by atoms with van der Waals surface area (Å²) in [6.07, 6.45) is 0.229. The van der Waals surface area contributed by atoms with Crippen molar-refractivity contribution < 1.29 is 14.7 Å². The first-order valence-electron chi connectivity index (χ1n) is 5.80. The van der Waals surface area contributed by atoms with Gasteiger partial charge in [-0.1, -0.05) is 30.3 Å². The maximum atomic E-state index is 11.4. The first-order valence-corrected chi connectivity index (χ1v) is 5.80. The van der Waals surface area contributed by atoms with Crippen LogP contribution < -0.4 is 10.6 Å². The van der Waals surface area contributed by atoms with Gasteiger partial charge in [0, 0.05) is 6.54 Å². The number of aliphatic carboxylic acids is 1. The van der Waals surface area contributed by atoms with E-state index in [-0.39, 0.29) is 25.4 Å². The Labute approximate surface area is 111 Å². The van der Waals surface area contributed by atoms with E-state index >= 15 is 0 Å². The second kappa shape index (κ2) is 7.84. The van der Waals surface area contributed by atoms with E-state index in [0.717, 1.165) is 0 Å². The molecule has 1 amide bonds. The van der Waals surface area contributed by atoms with E-state index in [9.17, 15) is 9.59 Å². The number of hydrogen-bond donors (Lipinski definition) is 3. The number of hydrogen-bond acceptors (Lipinski definition) is 4. The Kier molecular flexibility index (Phi) is 6.06. The average molecular weight is 261 g/mol. The molecule has 3 N–H and O–H groups in total. The molecule has 1 atom stereocenters. The predicted molar refractivity (Wildman–Crippen MR) is 68.1 cm³/mol. The fourth-order valence-electron chi connectivity index (χ4n) is 1.51. The summed E-state index contributed by atoms with van der Waals surface area (Å²) in [6, 6.07) is 9.60. The van der Waals surface area contributed by atoms with Crippen LogP contribution in [0.4, 0.5) is 0 Å². The van der Waals surface area contributed by atoms with Crippen molar-refractivity contribution in [3.8, 4) is 6.07 Å². The van der Waals surface area contributed by atoms with E-state index in [0.29, 0.717) is 5.56 Å². The lowest BCUT2D eigenvalue weighted by molar-refractivity contribution is -0.139. The van der Waals surface area contributed by atoms with Crippen LogP contribution in [0, 0.1) is 11.3 Å². The number of amides is 1. The van der Waals surface area contributed by atoms with Crippen molar-refractivity contribution in [1.82, 2.24) is 10.6 Å². The minimum Gasteiger partial charge on any atom is -0.480 e. The van der Waals surface area contributed by atoms with Gasteiger partial charge in [0.15, 0.2) is 0 Å². The Hall–Kier alpha value is -2.39. The predicted octanol–water partition coefficient (Wildman–Crippen LogP) is 0.432. The number of carbonyl (C=O) groups is 2. The lowest BCUT2D eigenvalue weighted by Crippen LogP contribution is -2.38. The number of carbonyl (C=O) groups excluding carboxylic acids is 1. The Morgan fingerprint density at radius 2 is 2.00 bits per heavy atom. The van der Waals surface area contributed by atoms with Gasteiger partial charge in [-0.15, -0.1) is 0 Å². The van der Waals surface area contributed by atoms with Crippen molar-refractivity contribution in [1.29, 1.82) is 5.26 Å². The van der Waals surface area contributed by atoms with Gasteiger partial charge in [0.05, 0.1) is 19.0 Å². The van der Waals surface area contributed by atoms with Crippen molar-refractivity contribution in [2.75, 3.05) is 13.1 Å². The Balaban J connectivity index is 2.50. The summed E-state index contributed by atoms with van der Waals surface area (Å²) in [5.41, 5.74) is 0.583. The zero-order chi connectivity index (χ0) is 14.1. The zero-order valence-corrected chi connectivity index (χ0v) is 10.3. The lowest BCUT2D eigenvalue weighted by atomic mass is 10.1. The van der Waals surface area contributed by atoms with E-state index in [1.54, 1.807) is 30.3 Å². The molecule has 0 aliphatic rings. The summed E-state index contributed by atoms with van der Waals surface area (Å²) in [7, 11) is 0. The SMILES string of the molecule is N#CCCNC(=O)CNC(C(=O)O)c1ccccc1. The molecular weight excluding hydrogens is 246 g/mol. The molecule has 0 spiro atoms. The molecule has 0 radical (unpaired) electrons. The normalized spacial score (nSPS) is 11.3. The smallest absolute Gasteiger partial charge is 0.325 e. The second-order valence-corrected chi connectivity index (χ2v) is 3.82. The first-order chi connectivity index (χ1) is 9.15. The van der Waals surface area contributed by atoms with Gasteiger partial charge in [-0.05, 0) is 5.56 Å². The van der Waals surface area contributed by atoms with Crippen LogP contribution in [0.25, 0.3) is 0 Å². The van der Waals surface area contributed by atoms with Crippen molar-refractivity contribution in [2.45, 2.75) is 12.5 Å². The Morgan fingerprint density at radius 3 is 2.58 bits per heavy atom. The molecule has 0 aromatic heterocycles. The molecule has 1 unspecified atom stereocenters. The molecule has 1 aromatic rings. The maximum Gasteiger partial charge on any atom is 0.325 e. The standard InChI is InChI=1S/C13H15N3O3/c14-7-4-8-15-11(17)9-16-12(13(18)19)10-5-2-1-3-6-10/h1-3,5-6,12,16H,4,8-9H2,(H,15,17)(H,18,19). The highest BCUT2D eigenvalue weighted by Crippen LogP contribution is 2.11. The third kappa shape index (κ3) is 5.19. The van der Waals surface area contributed by atoms with Gasteiger partial charge >= 0.3 is 5.97 Å². The summed E-state index contributed by atoms with van der Waals surface area (Å²) in [5.74, 6) is -1.38.